The summed E-state index contributed by atoms with van der Waals surface area (Å²) in [5.41, 5.74) is 2.24. The van der Waals surface area contributed by atoms with Gasteiger partial charge in [0.1, 0.15) is 5.75 Å². The second kappa shape index (κ2) is 8.11. The fourth-order valence-corrected chi connectivity index (χ4v) is 3.13. The maximum Gasteiger partial charge on any atom is 0.260 e. The summed E-state index contributed by atoms with van der Waals surface area (Å²) in [5.74, 6) is 0.896. The molecule has 1 saturated heterocycles. The number of rotatable bonds is 4. The van der Waals surface area contributed by atoms with E-state index in [1.165, 1.54) is 5.56 Å². The van der Waals surface area contributed by atoms with Gasteiger partial charge in [0.15, 0.2) is 6.61 Å². The number of benzene rings is 1. The van der Waals surface area contributed by atoms with Crippen molar-refractivity contribution in [2.45, 2.75) is 47.0 Å². The summed E-state index contributed by atoms with van der Waals surface area (Å²) >= 11 is 0. The maximum absolute atomic E-state index is 12.5. The molecule has 0 spiro atoms. The fourth-order valence-electron chi connectivity index (χ4n) is 3.13. The molecule has 0 bridgehead atoms. The third kappa shape index (κ3) is 4.99. The van der Waals surface area contributed by atoms with Crippen LogP contribution >= 0.6 is 0 Å². The molecule has 1 heterocycles. The lowest BCUT2D eigenvalue weighted by Gasteiger charge is -2.35. The van der Waals surface area contributed by atoms with Gasteiger partial charge in [0.25, 0.3) is 5.91 Å². The number of carbonyl (C=O) groups is 2. The first kappa shape index (κ1) is 20.3. The van der Waals surface area contributed by atoms with Gasteiger partial charge in [-0.05, 0) is 24.0 Å². The second-order valence-electron chi connectivity index (χ2n) is 8.40. The van der Waals surface area contributed by atoms with E-state index in [0.717, 1.165) is 11.3 Å². The van der Waals surface area contributed by atoms with Crippen molar-refractivity contribution >= 4 is 11.8 Å². The highest BCUT2D eigenvalue weighted by Gasteiger charge is 2.26. The first-order chi connectivity index (χ1) is 12.1. The molecule has 0 atom stereocenters. The lowest BCUT2D eigenvalue weighted by Crippen LogP contribution is -2.52. The van der Waals surface area contributed by atoms with Gasteiger partial charge < -0.3 is 14.5 Å². The number of hydrogen-bond acceptors (Lipinski definition) is 3. The van der Waals surface area contributed by atoms with Gasteiger partial charge in [-0.3, -0.25) is 9.59 Å². The van der Waals surface area contributed by atoms with Crippen LogP contribution in [-0.2, 0) is 15.0 Å². The van der Waals surface area contributed by atoms with Crippen molar-refractivity contribution in [2.75, 3.05) is 32.8 Å². The van der Waals surface area contributed by atoms with Crippen LogP contribution in [-0.4, -0.2) is 54.4 Å². The van der Waals surface area contributed by atoms with Crippen LogP contribution in [0.4, 0.5) is 0 Å². The van der Waals surface area contributed by atoms with Gasteiger partial charge in [0.2, 0.25) is 5.91 Å². The van der Waals surface area contributed by atoms with E-state index in [9.17, 15) is 9.59 Å². The minimum Gasteiger partial charge on any atom is -0.483 e. The monoisotopic (exact) mass is 360 g/mol. The predicted octanol–water partition coefficient (Wildman–Crippen LogP) is 3.00. The summed E-state index contributed by atoms with van der Waals surface area (Å²) < 4.78 is 5.87. The molecular weight excluding hydrogens is 328 g/mol. The predicted molar refractivity (Wildman–Crippen MR) is 103 cm³/mol. The number of piperazine rings is 1. The summed E-state index contributed by atoms with van der Waals surface area (Å²) in [6.45, 7) is 14.7. The van der Waals surface area contributed by atoms with Crippen LogP contribution in [0.3, 0.4) is 0 Å². The Kier molecular flexibility index (Phi) is 6.32. The van der Waals surface area contributed by atoms with Crippen molar-refractivity contribution in [3.05, 3.63) is 29.3 Å². The smallest absolute Gasteiger partial charge is 0.260 e. The third-order valence-electron chi connectivity index (χ3n) is 4.73. The van der Waals surface area contributed by atoms with E-state index in [1.54, 1.807) is 4.90 Å². The van der Waals surface area contributed by atoms with Gasteiger partial charge in [-0.1, -0.05) is 52.3 Å². The Morgan fingerprint density at radius 1 is 1.08 bits per heavy atom. The van der Waals surface area contributed by atoms with Gasteiger partial charge in [0.05, 0.1) is 0 Å². The van der Waals surface area contributed by atoms with Crippen molar-refractivity contribution in [1.82, 2.24) is 9.80 Å². The van der Waals surface area contributed by atoms with Gasteiger partial charge in [-0.2, -0.15) is 0 Å². The number of hydrogen-bond donors (Lipinski definition) is 0. The van der Waals surface area contributed by atoms with Crippen LogP contribution in [0.15, 0.2) is 18.2 Å². The Bertz CT molecular complexity index is 654. The molecule has 0 saturated carbocycles. The van der Waals surface area contributed by atoms with E-state index in [4.69, 9.17) is 4.74 Å². The zero-order valence-corrected chi connectivity index (χ0v) is 17.0. The average Bonchev–Trinajstić information content (AvgIpc) is 2.59. The van der Waals surface area contributed by atoms with E-state index in [0.29, 0.717) is 26.2 Å². The highest BCUT2D eigenvalue weighted by Crippen LogP contribution is 2.32. The van der Waals surface area contributed by atoms with Gasteiger partial charge in [0, 0.05) is 32.1 Å². The number of aryl methyl sites for hydroxylation is 1. The standard InChI is InChI=1S/C21H32N2O3/c1-15(2)20(25)23-11-9-22(10-12-23)19(24)14-26-18-8-7-16(3)13-17(18)21(4,5)6/h7-8,13,15H,9-12,14H2,1-6H3. The van der Waals surface area contributed by atoms with Crippen LogP contribution < -0.4 is 4.74 Å². The van der Waals surface area contributed by atoms with Crippen molar-refractivity contribution < 1.29 is 14.3 Å². The zero-order chi connectivity index (χ0) is 19.5. The number of ether oxygens (including phenoxy) is 1. The lowest BCUT2D eigenvalue weighted by molar-refractivity contribution is -0.142. The van der Waals surface area contributed by atoms with E-state index >= 15 is 0 Å². The molecule has 1 fully saturated rings. The molecule has 0 aliphatic carbocycles. The molecular formula is C21H32N2O3. The molecule has 5 nitrogen and oxygen atoms in total. The quantitative estimate of drug-likeness (QED) is 0.829. The van der Waals surface area contributed by atoms with Crippen LogP contribution in [0.2, 0.25) is 0 Å². The molecule has 0 aromatic heterocycles. The van der Waals surface area contributed by atoms with Crippen LogP contribution in [0.5, 0.6) is 5.75 Å². The van der Waals surface area contributed by atoms with Crippen molar-refractivity contribution in [3.63, 3.8) is 0 Å². The SMILES string of the molecule is Cc1ccc(OCC(=O)N2CCN(C(=O)C(C)C)CC2)c(C(C)(C)C)c1. The summed E-state index contributed by atoms with van der Waals surface area (Å²) in [6.07, 6.45) is 0. The summed E-state index contributed by atoms with van der Waals surface area (Å²) in [7, 11) is 0. The summed E-state index contributed by atoms with van der Waals surface area (Å²) in [5, 5.41) is 0. The Hall–Kier alpha value is -2.04. The van der Waals surface area contributed by atoms with E-state index < -0.39 is 0 Å². The number of amides is 2. The normalized spacial score (nSPS) is 15.3. The average molecular weight is 360 g/mol. The Morgan fingerprint density at radius 3 is 2.19 bits per heavy atom. The van der Waals surface area contributed by atoms with Crippen molar-refractivity contribution in [1.29, 1.82) is 0 Å². The molecule has 2 rings (SSSR count). The molecule has 1 aliphatic rings. The molecule has 0 unspecified atom stereocenters. The van der Waals surface area contributed by atoms with Crippen LogP contribution in [0.25, 0.3) is 0 Å². The third-order valence-corrected chi connectivity index (χ3v) is 4.73. The summed E-state index contributed by atoms with van der Waals surface area (Å²) in [6, 6.07) is 6.07. The minimum atomic E-state index is -0.0484. The molecule has 0 radical (unpaired) electrons. The molecule has 144 valence electrons. The molecule has 0 N–H and O–H groups in total. The molecule has 1 aromatic rings. The molecule has 1 aliphatic heterocycles. The first-order valence-corrected chi connectivity index (χ1v) is 9.40. The maximum atomic E-state index is 12.5. The summed E-state index contributed by atoms with van der Waals surface area (Å²) in [4.78, 5) is 28.2. The highest BCUT2D eigenvalue weighted by molar-refractivity contribution is 5.80. The number of carbonyl (C=O) groups excluding carboxylic acids is 2. The molecule has 2 amide bonds. The number of nitrogens with zero attached hydrogens (tertiary/aromatic N) is 2. The molecule has 1 aromatic carbocycles. The van der Waals surface area contributed by atoms with Crippen LogP contribution in [0.1, 0.15) is 45.7 Å². The van der Waals surface area contributed by atoms with E-state index in [-0.39, 0.29) is 29.8 Å². The second-order valence-corrected chi connectivity index (χ2v) is 8.40. The highest BCUT2D eigenvalue weighted by atomic mass is 16.5. The first-order valence-electron chi connectivity index (χ1n) is 9.40. The van der Waals surface area contributed by atoms with Crippen LogP contribution in [0, 0.1) is 12.8 Å². The Balaban J connectivity index is 1.93. The lowest BCUT2D eigenvalue weighted by atomic mass is 9.85. The Labute approximate surface area is 157 Å². The largest absolute Gasteiger partial charge is 0.483 e. The van der Waals surface area contributed by atoms with Gasteiger partial charge >= 0.3 is 0 Å². The molecule has 5 heteroatoms. The van der Waals surface area contributed by atoms with Crippen molar-refractivity contribution in [3.8, 4) is 5.75 Å². The molecule has 26 heavy (non-hydrogen) atoms. The minimum absolute atomic E-state index is 0.00191. The van der Waals surface area contributed by atoms with E-state index in [2.05, 4.69) is 33.8 Å². The Morgan fingerprint density at radius 2 is 1.65 bits per heavy atom. The van der Waals surface area contributed by atoms with Gasteiger partial charge in [-0.15, -0.1) is 0 Å². The van der Waals surface area contributed by atoms with E-state index in [1.807, 2.05) is 30.9 Å². The fraction of sp³-hybridized carbons (Fsp3) is 0.619. The zero-order valence-electron chi connectivity index (χ0n) is 17.0. The van der Waals surface area contributed by atoms with Crippen molar-refractivity contribution in [2.24, 2.45) is 5.92 Å². The van der Waals surface area contributed by atoms with Gasteiger partial charge in [-0.25, -0.2) is 0 Å². The topological polar surface area (TPSA) is 49.9 Å².